The van der Waals surface area contributed by atoms with E-state index in [9.17, 15) is 13.2 Å². The van der Waals surface area contributed by atoms with Gasteiger partial charge in [-0.25, -0.2) is 13.1 Å². The average Bonchev–Trinajstić information content (AvgIpc) is 3.47. The molecule has 0 amide bonds. The Kier molecular flexibility index (Phi) is 9.49. The van der Waals surface area contributed by atoms with Crippen LogP contribution in [0.25, 0.3) is 11.0 Å². The van der Waals surface area contributed by atoms with Gasteiger partial charge in [0.15, 0.2) is 0 Å². The Morgan fingerprint density at radius 3 is 2.62 bits per heavy atom. The highest BCUT2D eigenvalue weighted by molar-refractivity contribution is 7.89. The second kappa shape index (κ2) is 13.6. The summed E-state index contributed by atoms with van der Waals surface area (Å²) in [5, 5.41) is 8.88. The molecule has 6 rings (SSSR count). The van der Waals surface area contributed by atoms with Crippen LogP contribution in [0.15, 0.2) is 71.9 Å². The van der Waals surface area contributed by atoms with Crippen molar-refractivity contribution in [3.63, 3.8) is 0 Å². The van der Waals surface area contributed by atoms with Gasteiger partial charge < -0.3 is 4.74 Å². The molecule has 0 aliphatic carbocycles. The summed E-state index contributed by atoms with van der Waals surface area (Å²) >= 11 is 0. The number of sulfonamides is 1. The van der Waals surface area contributed by atoms with Crippen molar-refractivity contribution in [1.29, 1.82) is 0 Å². The molecule has 0 spiro atoms. The van der Waals surface area contributed by atoms with Crippen molar-refractivity contribution in [1.82, 2.24) is 24.3 Å². The number of rotatable bonds is 10. The van der Waals surface area contributed by atoms with Crippen LogP contribution in [0.3, 0.4) is 0 Å². The van der Waals surface area contributed by atoms with Crippen LogP contribution in [0, 0.1) is 26.7 Å². The Morgan fingerprint density at radius 1 is 1.08 bits per heavy atom. The third-order valence-corrected chi connectivity index (χ3v) is 11.4. The fourth-order valence-electron chi connectivity index (χ4n) is 6.95. The van der Waals surface area contributed by atoms with Gasteiger partial charge in [-0.15, -0.1) is 5.10 Å². The summed E-state index contributed by atoms with van der Waals surface area (Å²) in [6.45, 7) is 11.4. The van der Waals surface area contributed by atoms with Gasteiger partial charge in [-0.1, -0.05) is 48.5 Å². The second-order valence-electron chi connectivity index (χ2n) is 13.1. The van der Waals surface area contributed by atoms with E-state index in [4.69, 9.17) is 4.74 Å². The van der Waals surface area contributed by atoms with Gasteiger partial charge in [0.2, 0.25) is 10.0 Å². The topological polar surface area (TPSA) is 107 Å². The van der Waals surface area contributed by atoms with Gasteiger partial charge >= 0.3 is 0 Å². The van der Waals surface area contributed by atoms with Crippen molar-refractivity contribution >= 4 is 26.8 Å². The van der Waals surface area contributed by atoms with Crippen molar-refractivity contribution in [2.24, 2.45) is 5.92 Å². The molecule has 0 unspecified atom stereocenters. The lowest BCUT2D eigenvalue weighted by Gasteiger charge is -2.25. The first-order valence-electron chi connectivity index (χ1n) is 16.5. The van der Waals surface area contributed by atoms with E-state index in [1.807, 2.05) is 68.8 Å². The number of fused-ring (bicyclic) bond motifs is 2. The number of aryl methyl sites for hydroxylation is 4. The molecule has 0 N–H and O–H groups in total. The molecule has 250 valence electrons. The molecule has 0 radical (unpaired) electrons. The minimum atomic E-state index is -3.73. The number of benzene rings is 3. The second-order valence-corrected chi connectivity index (χ2v) is 15.0. The monoisotopic (exact) mass is 665 g/mol. The van der Waals surface area contributed by atoms with Crippen LogP contribution >= 0.6 is 0 Å². The van der Waals surface area contributed by atoms with Crippen molar-refractivity contribution < 1.29 is 17.9 Å². The molecule has 1 aliphatic rings. The molecular formula is C38H43N5O4S. The Morgan fingerprint density at radius 2 is 1.90 bits per heavy atom. The van der Waals surface area contributed by atoms with E-state index in [2.05, 4.69) is 34.4 Å². The van der Waals surface area contributed by atoms with Crippen molar-refractivity contribution in [3.05, 3.63) is 111 Å². The number of aromatic nitrogens is 4. The lowest BCUT2D eigenvalue weighted by molar-refractivity contribution is -0.118. The van der Waals surface area contributed by atoms with Crippen molar-refractivity contribution in [3.8, 4) is 5.75 Å². The molecule has 0 bridgehead atoms. The number of ether oxygens (including phenoxy) is 1. The Labute approximate surface area is 283 Å². The van der Waals surface area contributed by atoms with Gasteiger partial charge in [0.1, 0.15) is 22.6 Å². The molecule has 48 heavy (non-hydrogen) atoms. The standard InChI is InChI=1S/C38H43N5O4S/c1-7-43-38-35(47-6)20-33(27(5)37(38)40-41-43)34(19-32(44)17-28-9-8-14-39-21-28)29-13-11-26(4)31(18-29)23-42-22-25(3)15-30-12-10-24(2)16-36(30)48(42,45)46/h8-14,16,18,20-21,25,34H,7,15,17,19,22-23H2,1-6H3/t25-,34-/m0/s1. The predicted octanol–water partition coefficient (Wildman–Crippen LogP) is 6.50. The summed E-state index contributed by atoms with van der Waals surface area (Å²) in [7, 11) is -2.09. The van der Waals surface area contributed by atoms with Crippen LogP contribution in [0.2, 0.25) is 0 Å². The van der Waals surface area contributed by atoms with E-state index < -0.39 is 10.0 Å². The molecule has 3 aromatic carbocycles. The number of Topliss-reactive ketones (excluding diaryl/α,β-unsaturated/α-hetero) is 1. The van der Waals surface area contributed by atoms with Gasteiger partial charge in [0, 0.05) is 50.8 Å². The Bertz CT molecular complexity index is 2090. The minimum absolute atomic E-state index is 0.0710. The first kappa shape index (κ1) is 33.5. The van der Waals surface area contributed by atoms with Crippen LogP contribution < -0.4 is 4.74 Å². The van der Waals surface area contributed by atoms with E-state index in [-0.39, 0.29) is 37.0 Å². The summed E-state index contributed by atoms with van der Waals surface area (Å²) in [5.41, 5.74) is 8.90. The summed E-state index contributed by atoms with van der Waals surface area (Å²) in [6, 6.07) is 17.7. The largest absolute Gasteiger partial charge is 0.494 e. The third-order valence-electron chi connectivity index (χ3n) is 9.54. The van der Waals surface area contributed by atoms with Gasteiger partial charge in [0.05, 0.1) is 12.0 Å². The zero-order chi connectivity index (χ0) is 34.2. The maximum Gasteiger partial charge on any atom is 0.243 e. The molecule has 0 saturated carbocycles. The van der Waals surface area contributed by atoms with Crippen LogP contribution in [0.5, 0.6) is 5.75 Å². The molecule has 2 atom stereocenters. The van der Waals surface area contributed by atoms with Gasteiger partial charge in [0.25, 0.3) is 0 Å². The zero-order valence-electron chi connectivity index (χ0n) is 28.5. The summed E-state index contributed by atoms with van der Waals surface area (Å²) in [4.78, 5) is 18.3. The minimum Gasteiger partial charge on any atom is -0.494 e. The highest BCUT2D eigenvalue weighted by Crippen LogP contribution is 2.39. The highest BCUT2D eigenvalue weighted by atomic mass is 32.2. The number of nitrogens with zero attached hydrogens (tertiary/aromatic N) is 5. The first-order valence-corrected chi connectivity index (χ1v) is 17.9. The normalized spacial score (nSPS) is 16.8. The molecule has 2 aromatic heterocycles. The SMILES string of the molecule is CCn1nnc2c(C)c([C@@H](CC(=O)Cc3cccnc3)c3ccc(C)c(CN4C[C@@H](C)Cc5ccc(C)cc5S4(=O)=O)c3)cc(OC)c21. The smallest absolute Gasteiger partial charge is 0.243 e. The van der Waals surface area contributed by atoms with Crippen LogP contribution in [0.1, 0.15) is 70.7 Å². The fraction of sp³-hybridized carbons (Fsp3) is 0.368. The zero-order valence-corrected chi connectivity index (χ0v) is 29.3. The van der Waals surface area contributed by atoms with E-state index >= 15 is 0 Å². The molecule has 3 heterocycles. The molecule has 10 heteroatoms. The number of methoxy groups -OCH3 is 1. The average molecular weight is 666 g/mol. The van der Waals surface area contributed by atoms with Crippen LogP contribution in [-0.4, -0.2) is 52.1 Å². The number of pyridine rings is 1. The summed E-state index contributed by atoms with van der Waals surface area (Å²) < 4.78 is 37.5. The lowest BCUT2D eigenvalue weighted by Crippen LogP contribution is -2.33. The molecule has 1 aliphatic heterocycles. The number of carbonyl (C=O) groups is 1. The molecular weight excluding hydrogens is 623 g/mol. The van der Waals surface area contributed by atoms with E-state index in [0.29, 0.717) is 30.2 Å². The predicted molar refractivity (Wildman–Crippen MR) is 187 cm³/mol. The Balaban J connectivity index is 1.43. The molecule has 5 aromatic rings. The van der Waals surface area contributed by atoms with Crippen LogP contribution in [0.4, 0.5) is 0 Å². The van der Waals surface area contributed by atoms with Gasteiger partial charge in [-0.05, 0) is 103 Å². The maximum atomic E-state index is 14.1. The van der Waals surface area contributed by atoms with E-state index in [1.165, 1.54) is 0 Å². The van der Waals surface area contributed by atoms with Crippen LogP contribution in [-0.2, 0) is 40.7 Å². The van der Waals surface area contributed by atoms with E-state index in [0.717, 1.165) is 55.5 Å². The summed E-state index contributed by atoms with van der Waals surface area (Å²) in [6.07, 6.45) is 4.63. The van der Waals surface area contributed by atoms with Gasteiger partial charge in [-0.3, -0.25) is 9.78 Å². The number of hydrogen-bond donors (Lipinski definition) is 0. The highest BCUT2D eigenvalue weighted by Gasteiger charge is 2.33. The third kappa shape index (κ3) is 6.51. The number of hydrogen-bond acceptors (Lipinski definition) is 7. The number of ketones is 1. The quantitative estimate of drug-likeness (QED) is 0.168. The lowest BCUT2D eigenvalue weighted by atomic mass is 9.82. The Hall–Kier alpha value is -4.41. The van der Waals surface area contributed by atoms with Crippen molar-refractivity contribution in [2.75, 3.05) is 13.7 Å². The number of carbonyl (C=O) groups excluding carboxylic acids is 1. The molecule has 9 nitrogen and oxygen atoms in total. The van der Waals surface area contributed by atoms with Gasteiger partial charge in [-0.2, -0.15) is 4.31 Å². The first-order chi connectivity index (χ1) is 23.0. The summed E-state index contributed by atoms with van der Waals surface area (Å²) in [5.74, 6) is 0.542. The fourth-order valence-corrected chi connectivity index (χ4v) is 8.81. The molecule has 0 saturated heterocycles. The maximum absolute atomic E-state index is 14.1. The van der Waals surface area contributed by atoms with E-state index in [1.54, 1.807) is 29.9 Å². The van der Waals surface area contributed by atoms with Crippen molar-refractivity contribution in [2.45, 2.75) is 77.8 Å². The molecule has 0 fully saturated rings.